The maximum atomic E-state index is 4.17. The maximum Gasteiger partial charge on any atom is 0.0568 e. The van der Waals surface area contributed by atoms with Gasteiger partial charge in [-0.1, -0.05) is 6.07 Å². The molecule has 1 N–H and O–H groups in total. The second-order valence-electron chi connectivity index (χ2n) is 3.68. The predicted molar refractivity (Wildman–Crippen MR) is 60.5 cm³/mol. The summed E-state index contributed by atoms with van der Waals surface area (Å²) in [5.41, 5.74) is 3.53. The minimum atomic E-state index is 1.15. The molecule has 0 saturated heterocycles. The molecule has 2 aromatic heterocycles. The van der Waals surface area contributed by atoms with Gasteiger partial charge in [0, 0.05) is 30.5 Å². The lowest BCUT2D eigenvalue weighted by Crippen LogP contribution is -1.84. The highest BCUT2D eigenvalue weighted by atomic mass is 15.2. The molecule has 1 aromatic carbocycles. The second-order valence-corrected chi connectivity index (χ2v) is 3.68. The maximum absolute atomic E-state index is 4.17. The van der Waals surface area contributed by atoms with E-state index in [1.165, 1.54) is 16.5 Å². The van der Waals surface area contributed by atoms with E-state index in [0.717, 1.165) is 5.56 Å². The number of rotatable bonds is 1. The van der Waals surface area contributed by atoms with Gasteiger partial charge in [0.25, 0.3) is 0 Å². The third-order valence-electron chi connectivity index (χ3n) is 2.59. The first-order chi connectivity index (χ1) is 7.33. The van der Waals surface area contributed by atoms with Gasteiger partial charge in [-0.15, -0.1) is 0 Å². The van der Waals surface area contributed by atoms with Gasteiger partial charge >= 0.3 is 0 Å². The van der Waals surface area contributed by atoms with E-state index in [1.54, 1.807) is 0 Å². The van der Waals surface area contributed by atoms with E-state index in [-0.39, 0.29) is 0 Å². The Labute approximate surface area is 87.4 Å². The first-order valence-corrected chi connectivity index (χ1v) is 4.89. The van der Waals surface area contributed by atoms with Crippen LogP contribution in [0.3, 0.4) is 0 Å². The average molecular weight is 197 g/mol. The molecule has 0 amide bonds. The van der Waals surface area contributed by atoms with E-state index < -0.39 is 0 Å². The van der Waals surface area contributed by atoms with Crippen LogP contribution in [0.2, 0.25) is 0 Å². The third-order valence-corrected chi connectivity index (χ3v) is 2.59. The Morgan fingerprint density at radius 3 is 2.93 bits per heavy atom. The minimum Gasteiger partial charge on any atom is -0.361 e. The van der Waals surface area contributed by atoms with E-state index in [0.29, 0.717) is 0 Å². The fourth-order valence-electron chi connectivity index (χ4n) is 1.80. The standard InChI is InChI=1S/C12H11N3/c1-15-8-11(7-14-15)9-2-3-12-10(6-9)4-5-13-12/h2-8,13H,1H3. The molecule has 0 bridgehead atoms. The Balaban J connectivity index is 2.18. The molecule has 3 heteroatoms. The molecule has 15 heavy (non-hydrogen) atoms. The molecule has 0 fully saturated rings. The van der Waals surface area contributed by atoms with Crippen LogP contribution in [-0.4, -0.2) is 14.8 Å². The zero-order valence-electron chi connectivity index (χ0n) is 8.44. The molecule has 74 valence electrons. The quantitative estimate of drug-likeness (QED) is 0.639. The summed E-state index contributed by atoms with van der Waals surface area (Å²) in [5, 5.41) is 5.40. The average Bonchev–Trinajstić information content (AvgIpc) is 2.84. The largest absolute Gasteiger partial charge is 0.361 e. The normalized spacial score (nSPS) is 11.0. The Hall–Kier alpha value is -2.03. The fraction of sp³-hybridized carbons (Fsp3) is 0.0833. The molecular weight excluding hydrogens is 186 g/mol. The second kappa shape index (κ2) is 2.98. The summed E-state index contributed by atoms with van der Waals surface area (Å²) in [7, 11) is 1.93. The summed E-state index contributed by atoms with van der Waals surface area (Å²) in [5.74, 6) is 0. The Morgan fingerprint density at radius 1 is 1.20 bits per heavy atom. The molecule has 0 saturated carbocycles. The number of hydrogen-bond donors (Lipinski definition) is 1. The minimum absolute atomic E-state index is 1.15. The van der Waals surface area contributed by atoms with Crippen LogP contribution in [0.25, 0.3) is 22.0 Å². The highest BCUT2D eigenvalue weighted by Gasteiger charge is 2.01. The number of hydrogen-bond acceptors (Lipinski definition) is 1. The summed E-state index contributed by atoms with van der Waals surface area (Å²) in [6, 6.07) is 8.45. The van der Waals surface area contributed by atoms with Crippen LogP contribution < -0.4 is 0 Å². The van der Waals surface area contributed by atoms with Crippen LogP contribution in [0.5, 0.6) is 0 Å². The molecular formula is C12H11N3. The summed E-state index contributed by atoms with van der Waals surface area (Å²) < 4.78 is 1.82. The molecule has 0 aliphatic heterocycles. The Morgan fingerprint density at radius 2 is 2.13 bits per heavy atom. The van der Waals surface area contributed by atoms with Crippen LogP contribution in [0.15, 0.2) is 42.9 Å². The number of nitrogens with one attached hydrogen (secondary N) is 1. The van der Waals surface area contributed by atoms with Crippen molar-refractivity contribution in [2.75, 3.05) is 0 Å². The monoisotopic (exact) mass is 197 g/mol. The first kappa shape index (κ1) is 8.29. The summed E-state index contributed by atoms with van der Waals surface area (Å²) in [4.78, 5) is 3.18. The molecule has 3 rings (SSSR count). The summed E-state index contributed by atoms with van der Waals surface area (Å²) in [6.45, 7) is 0. The van der Waals surface area contributed by atoms with Crippen molar-refractivity contribution in [3.05, 3.63) is 42.9 Å². The van der Waals surface area contributed by atoms with Gasteiger partial charge in [-0.2, -0.15) is 5.10 Å². The van der Waals surface area contributed by atoms with Gasteiger partial charge in [0.15, 0.2) is 0 Å². The van der Waals surface area contributed by atoms with Crippen LogP contribution in [0.4, 0.5) is 0 Å². The molecule has 0 atom stereocenters. The number of nitrogens with zero attached hydrogens (tertiary/aromatic N) is 2. The van der Waals surface area contributed by atoms with Crippen molar-refractivity contribution < 1.29 is 0 Å². The van der Waals surface area contributed by atoms with E-state index in [4.69, 9.17) is 0 Å². The lowest BCUT2D eigenvalue weighted by atomic mass is 10.1. The van der Waals surface area contributed by atoms with E-state index in [9.17, 15) is 0 Å². The molecule has 2 heterocycles. The van der Waals surface area contributed by atoms with Gasteiger partial charge in [-0.05, 0) is 29.1 Å². The number of aromatic amines is 1. The van der Waals surface area contributed by atoms with Crippen LogP contribution in [0, 0.1) is 0 Å². The lowest BCUT2D eigenvalue weighted by Gasteiger charge is -1.97. The zero-order chi connectivity index (χ0) is 10.3. The number of benzene rings is 1. The predicted octanol–water partition coefficient (Wildman–Crippen LogP) is 2.57. The van der Waals surface area contributed by atoms with Gasteiger partial charge in [-0.25, -0.2) is 0 Å². The lowest BCUT2D eigenvalue weighted by molar-refractivity contribution is 0.768. The van der Waals surface area contributed by atoms with Crippen LogP contribution >= 0.6 is 0 Å². The molecule has 0 spiro atoms. The van der Waals surface area contributed by atoms with Gasteiger partial charge < -0.3 is 4.98 Å². The van der Waals surface area contributed by atoms with Crippen molar-refractivity contribution in [3.63, 3.8) is 0 Å². The van der Waals surface area contributed by atoms with Gasteiger partial charge in [0.1, 0.15) is 0 Å². The van der Waals surface area contributed by atoms with Crippen molar-refractivity contribution in [2.45, 2.75) is 0 Å². The molecule has 0 aliphatic rings. The third kappa shape index (κ3) is 1.32. The highest BCUT2D eigenvalue weighted by Crippen LogP contribution is 2.23. The van der Waals surface area contributed by atoms with Gasteiger partial charge in [0.2, 0.25) is 0 Å². The number of aryl methyl sites for hydroxylation is 1. The van der Waals surface area contributed by atoms with Crippen LogP contribution in [-0.2, 0) is 7.05 Å². The van der Waals surface area contributed by atoms with Crippen molar-refractivity contribution in [3.8, 4) is 11.1 Å². The molecule has 0 aliphatic carbocycles. The molecule has 0 unspecified atom stereocenters. The van der Waals surface area contributed by atoms with Crippen molar-refractivity contribution >= 4 is 10.9 Å². The van der Waals surface area contributed by atoms with E-state index in [1.807, 2.05) is 30.3 Å². The Bertz CT molecular complexity index is 604. The van der Waals surface area contributed by atoms with E-state index >= 15 is 0 Å². The fourth-order valence-corrected chi connectivity index (χ4v) is 1.80. The van der Waals surface area contributed by atoms with E-state index in [2.05, 4.69) is 34.3 Å². The van der Waals surface area contributed by atoms with Crippen molar-refractivity contribution in [1.82, 2.24) is 14.8 Å². The topological polar surface area (TPSA) is 33.6 Å². The summed E-state index contributed by atoms with van der Waals surface area (Å²) >= 11 is 0. The highest BCUT2D eigenvalue weighted by molar-refractivity contribution is 5.84. The molecule has 3 aromatic rings. The SMILES string of the molecule is Cn1cc(-c2ccc3[nH]ccc3c2)cn1. The molecule has 3 nitrogen and oxygen atoms in total. The smallest absolute Gasteiger partial charge is 0.0568 e. The number of H-pyrrole nitrogens is 1. The van der Waals surface area contributed by atoms with Crippen LogP contribution in [0.1, 0.15) is 0 Å². The van der Waals surface area contributed by atoms with Gasteiger partial charge in [0.05, 0.1) is 6.20 Å². The zero-order valence-corrected chi connectivity index (χ0v) is 8.44. The summed E-state index contributed by atoms with van der Waals surface area (Å²) in [6.07, 6.45) is 5.86. The number of fused-ring (bicyclic) bond motifs is 1. The Kier molecular flexibility index (Phi) is 1.65. The first-order valence-electron chi connectivity index (χ1n) is 4.89. The molecule has 0 radical (unpaired) electrons. The van der Waals surface area contributed by atoms with Crippen molar-refractivity contribution in [2.24, 2.45) is 7.05 Å². The van der Waals surface area contributed by atoms with Crippen molar-refractivity contribution in [1.29, 1.82) is 0 Å². The van der Waals surface area contributed by atoms with Gasteiger partial charge in [-0.3, -0.25) is 4.68 Å². The number of aromatic nitrogens is 3.